The van der Waals surface area contributed by atoms with Gasteiger partial charge in [0.15, 0.2) is 6.29 Å². The highest BCUT2D eigenvalue weighted by Gasteiger charge is 2.66. The maximum Gasteiger partial charge on any atom is 0.331 e. The molecule has 3 saturated carbocycles. The zero-order valence-corrected chi connectivity index (χ0v) is 23.1. The van der Waals surface area contributed by atoms with Gasteiger partial charge in [-0.1, -0.05) is 19.9 Å². The maximum atomic E-state index is 12.4. The summed E-state index contributed by atoms with van der Waals surface area (Å²) < 4.78 is 22.9. The van der Waals surface area contributed by atoms with Crippen LogP contribution in [0.4, 0.5) is 0 Å². The van der Waals surface area contributed by atoms with Crippen LogP contribution in [0.15, 0.2) is 23.3 Å². The van der Waals surface area contributed by atoms with Crippen molar-refractivity contribution in [1.29, 1.82) is 0 Å². The molecule has 12 atom stereocenters. The van der Waals surface area contributed by atoms with Gasteiger partial charge in [0.05, 0.1) is 30.0 Å². The van der Waals surface area contributed by atoms with Crippen LogP contribution in [0.2, 0.25) is 0 Å². The van der Waals surface area contributed by atoms with E-state index in [4.69, 9.17) is 18.9 Å². The van der Waals surface area contributed by atoms with Gasteiger partial charge < -0.3 is 34.3 Å². The van der Waals surface area contributed by atoms with Crippen molar-refractivity contribution in [2.24, 2.45) is 28.6 Å². The molecule has 4 aliphatic carbocycles. The van der Waals surface area contributed by atoms with Gasteiger partial charge in [-0.25, -0.2) is 4.79 Å². The van der Waals surface area contributed by atoms with Crippen LogP contribution in [0.3, 0.4) is 0 Å². The second-order valence-corrected chi connectivity index (χ2v) is 13.3. The SMILES string of the molecule is CO[C@@H]1C[C@H](O[C@@H]2C[C@H]3CC[C@H]4[C@H](CC[C@]5(C)C(C6=CC(=O)OC6)=CC[C@]45O)[C@@]3(C)C[C@H]2O)O[C@H](C)[C@H]1O. The van der Waals surface area contributed by atoms with Crippen LogP contribution < -0.4 is 0 Å². The Labute approximate surface area is 225 Å². The molecule has 0 spiro atoms. The third-order valence-corrected chi connectivity index (χ3v) is 11.7. The second kappa shape index (κ2) is 9.38. The standard InChI is InChI=1S/C30H44O8/c1-16-27(33)24(35-4)13-26(37-16)38-23-12-18-5-6-21-20(28(18,2)14-22(23)31)7-9-29(3)19(8-10-30(21,29)34)17-11-25(32)36-15-17/h8,11,16,18,20-24,26-27,31,33-34H,5-7,9-10,12-15H2,1-4H3/t16-,18-,20+,21+,22-,23-,24-,26+,27-,28+,29-,30+/m1/s1. The Balaban J connectivity index is 1.18. The van der Waals surface area contributed by atoms with Crippen LogP contribution in [-0.4, -0.2) is 77.4 Å². The van der Waals surface area contributed by atoms with Crippen molar-refractivity contribution in [2.75, 3.05) is 13.7 Å². The molecule has 1 saturated heterocycles. The number of hydrogen-bond donors (Lipinski definition) is 3. The number of ether oxygens (including phenoxy) is 4. The van der Waals surface area contributed by atoms with Crippen molar-refractivity contribution in [2.45, 2.75) is 115 Å². The summed E-state index contributed by atoms with van der Waals surface area (Å²) >= 11 is 0. The number of esters is 1. The van der Waals surface area contributed by atoms with Crippen molar-refractivity contribution in [3.8, 4) is 0 Å². The van der Waals surface area contributed by atoms with Crippen LogP contribution in [0, 0.1) is 28.6 Å². The van der Waals surface area contributed by atoms with E-state index in [1.54, 1.807) is 13.2 Å². The van der Waals surface area contributed by atoms with Gasteiger partial charge in [0.2, 0.25) is 0 Å². The number of cyclic esters (lactones) is 1. The summed E-state index contributed by atoms with van der Waals surface area (Å²) in [4.78, 5) is 11.8. The van der Waals surface area contributed by atoms with E-state index >= 15 is 0 Å². The van der Waals surface area contributed by atoms with E-state index in [0.717, 1.165) is 43.3 Å². The lowest BCUT2D eigenvalue weighted by atomic mass is 9.43. The van der Waals surface area contributed by atoms with Crippen LogP contribution in [0.25, 0.3) is 0 Å². The first kappa shape index (κ1) is 26.9. The number of carbonyl (C=O) groups excluding carboxylic acids is 1. The summed E-state index contributed by atoms with van der Waals surface area (Å²) in [7, 11) is 1.59. The lowest BCUT2D eigenvalue weighted by Gasteiger charge is -2.64. The van der Waals surface area contributed by atoms with Crippen molar-refractivity contribution < 1.29 is 39.1 Å². The molecule has 0 unspecified atom stereocenters. The predicted octanol–water partition coefficient (Wildman–Crippen LogP) is 3.03. The molecule has 38 heavy (non-hydrogen) atoms. The average molecular weight is 533 g/mol. The quantitative estimate of drug-likeness (QED) is 0.374. The Hall–Kier alpha value is -1.29. The summed E-state index contributed by atoms with van der Waals surface area (Å²) in [5.74, 6) is 0.562. The average Bonchev–Trinajstić information content (AvgIpc) is 3.41. The topological polar surface area (TPSA) is 115 Å². The summed E-state index contributed by atoms with van der Waals surface area (Å²) in [5.41, 5.74) is 0.677. The monoisotopic (exact) mass is 532 g/mol. The molecule has 212 valence electrons. The number of aliphatic hydroxyl groups is 3. The minimum atomic E-state index is -0.855. The summed E-state index contributed by atoms with van der Waals surface area (Å²) in [6.07, 6.45) is 7.08. The number of carbonyl (C=O) groups is 1. The van der Waals surface area contributed by atoms with Crippen LogP contribution in [0.1, 0.15) is 72.1 Å². The Morgan fingerprint density at radius 3 is 2.58 bits per heavy atom. The third kappa shape index (κ3) is 3.89. The first-order valence-electron chi connectivity index (χ1n) is 14.5. The molecule has 0 radical (unpaired) electrons. The predicted molar refractivity (Wildman–Crippen MR) is 138 cm³/mol. The van der Waals surface area contributed by atoms with Gasteiger partial charge in [0.25, 0.3) is 0 Å². The van der Waals surface area contributed by atoms with Crippen molar-refractivity contribution in [1.82, 2.24) is 0 Å². The molecule has 6 rings (SSSR count). The lowest BCUT2D eigenvalue weighted by Crippen LogP contribution is -2.63. The van der Waals surface area contributed by atoms with Gasteiger partial charge in [-0.3, -0.25) is 0 Å². The van der Waals surface area contributed by atoms with Gasteiger partial charge >= 0.3 is 5.97 Å². The second-order valence-electron chi connectivity index (χ2n) is 13.3. The lowest BCUT2D eigenvalue weighted by molar-refractivity contribution is -0.286. The molecular weight excluding hydrogens is 488 g/mol. The molecule has 2 heterocycles. The number of aliphatic hydroxyl groups excluding tert-OH is 2. The molecule has 0 aromatic rings. The van der Waals surface area contributed by atoms with E-state index in [1.165, 1.54) is 0 Å². The first-order chi connectivity index (χ1) is 18.0. The zero-order chi connectivity index (χ0) is 27.0. The molecule has 8 nitrogen and oxygen atoms in total. The van der Waals surface area contributed by atoms with Crippen molar-refractivity contribution >= 4 is 5.97 Å². The fraction of sp³-hybridized carbons (Fsp3) is 0.833. The molecule has 4 fully saturated rings. The van der Waals surface area contributed by atoms with Gasteiger partial charge in [-0.05, 0) is 80.6 Å². The minimum absolute atomic E-state index is 0.0836. The molecule has 3 N–H and O–H groups in total. The van der Waals surface area contributed by atoms with Gasteiger partial charge in [-0.2, -0.15) is 0 Å². The van der Waals surface area contributed by atoms with Crippen LogP contribution >= 0.6 is 0 Å². The number of rotatable bonds is 4. The molecular formula is C30H44O8. The summed E-state index contributed by atoms with van der Waals surface area (Å²) in [6.45, 7) is 6.62. The largest absolute Gasteiger partial charge is 0.458 e. The zero-order valence-electron chi connectivity index (χ0n) is 23.1. The molecule has 2 aliphatic heterocycles. The van der Waals surface area contributed by atoms with Crippen LogP contribution in [0.5, 0.6) is 0 Å². The van der Waals surface area contributed by atoms with Gasteiger partial charge in [-0.15, -0.1) is 0 Å². The number of fused-ring (bicyclic) bond motifs is 5. The highest BCUT2D eigenvalue weighted by Crippen LogP contribution is 2.68. The first-order valence-corrected chi connectivity index (χ1v) is 14.5. The Morgan fingerprint density at radius 2 is 1.87 bits per heavy atom. The summed E-state index contributed by atoms with van der Waals surface area (Å²) in [5, 5.41) is 34.0. The van der Waals surface area contributed by atoms with E-state index in [9.17, 15) is 20.1 Å². The van der Waals surface area contributed by atoms with E-state index in [-0.39, 0.29) is 29.5 Å². The molecule has 8 heteroatoms. The molecule has 6 aliphatic rings. The van der Waals surface area contributed by atoms with E-state index in [0.29, 0.717) is 37.7 Å². The molecule has 0 bridgehead atoms. The normalized spacial score (nSPS) is 52.4. The fourth-order valence-corrected chi connectivity index (χ4v) is 9.49. The number of methoxy groups -OCH3 is 1. The molecule has 0 aromatic heterocycles. The van der Waals surface area contributed by atoms with Gasteiger partial charge in [0, 0.05) is 30.6 Å². The maximum absolute atomic E-state index is 12.4. The highest BCUT2D eigenvalue weighted by atomic mass is 16.7. The van der Waals surface area contributed by atoms with E-state index in [1.807, 2.05) is 6.92 Å². The Bertz CT molecular complexity index is 1020. The fourth-order valence-electron chi connectivity index (χ4n) is 9.49. The Morgan fingerprint density at radius 1 is 1.08 bits per heavy atom. The van der Waals surface area contributed by atoms with Crippen molar-refractivity contribution in [3.05, 3.63) is 23.3 Å². The Kier molecular flexibility index (Phi) is 6.64. The molecule has 0 amide bonds. The van der Waals surface area contributed by atoms with Crippen LogP contribution in [-0.2, 0) is 23.7 Å². The third-order valence-electron chi connectivity index (χ3n) is 11.7. The molecule has 0 aromatic carbocycles. The highest BCUT2D eigenvalue weighted by molar-refractivity contribution is 5.86. The van der Waals surface area contributed by atoms with E-state index in [2.05, 4.69) is 19.9 Å². The smallest absolute Gasteiger partial charge is 0.331 e. The minimum Gasteiger partial charge on any atom is -0.458 e. The number of hydrogen-bond acceptors (Lipinski definition) is 8. The van der Waals surface area contributed by atoms with E-state index < -0.39 is 35.6 Å². The summed E-state index contributed by atoms with van der Waals surface area (Å²) in [6, 6.07) is 0. The van der Waals surface area contributed by atoms with Crippen molar-refractivity contribution in [3.63, 3.8) is 0 Å². The van der Waals surface area contributed by atoms with Gasteiger partial charge in [0.1, 0.15) is 12.7 Å².